The van der Waals surface area contributed by atoms with Crippen LogP contribution in [0, 0.1) is 0 Å². The Morgan fingerprint density at radius 2 is 1.70 bits per heavy atom. The highest BCUT2D eigenvalue weighted by molar-refractivity contribution is 5.79. The molecule has 1 heterocycles. The van der Waals surface area contributed by atoms with Crippen LogP contribution in [0.15, 0.2) is 59.6 Å². The van der Waals surface area contributed by atoms with Gasteiger partial charge in [0, 0.05) is 33.2 Å². The van der Waals surface area contributed by atoms with E-state index in [1.54, 1.807) is 19.2 Å². The second kappa shape index (κ2) is 10.4. The fourth-order valence-corrected chi connectivity index (χ4v) is 3.44. The Kier molecular flexibility index (Phi) is 7.70. The molecule has 2 N–H and O–H groups in total. The van der Waals surface area contributed by atoms with E-state index in [4.69, 9.17) is 4.74 Å². The van der Waals surface area contributed by atoms with Crippen LogP contribution in [0.2, 0.25) is 0 Å². The topological polar surface area (TPSA) is 48.9 Å². The van der Waals surface area contributed by atoms with Gasteiger partial charge in [-0.2, -0.15) is 13.2 Å². The Morgan fingerprint density at radius 1 is 1.03 bits per heavy atom. The standard InChI is InChI=1S/C22H27F3N4O/c1-26-21(27-15-17-5-3-2-4-6-17)28-16-20(29-11-13-30-14-12-29)18-7-9-19(10-8-18)22(23,24)25/h2-10,20H,11-16H2,1H3,(H2,26,27,28). The molecular formula is C22H27F3N4O. The first-order valence-electron chi connectivity index (χ1n) is 9.95. The van der Waals surface area contributed by atoms with E-state index in [0.29, 0.717) is 32.3 Å². The van der Waals surface area contributed by atoms with E-state index in [-0.39, 0.29) is 6.04 Å². The molecule has 0 spiro atoms. The summed E-state index contributed by atoms with van der Waals surface area (Å²) in [6.07, 6.45) is -4.34. The maximum atomic E-state index is 12.9. The first-order chi connectivity index (χ1) is 14.5. The van der Waals surface area contributed by atoms with E-state index in [9.17, 15) is 13.2 Å². The molecule has 1 aliphatic heterocycles. The van der Waals surface area contributed by atoms with Gasteiger partial charge in [-0.05, 0) is 23.3 Å². The Hall–Kier alpha value is -2.58. The van der Waals surface area contributed by atoms with Crippen molar-refractivity contribution in [2.75, 3.05) is 39.9 Å². The van der Waals surface area contributed by atoms with E-state index >= 15 is 0 Å². The number of hydrogen-bond acceptors (Lipinski definition) is 3. The molecular weight excluding hydrogens is 393 g/mol. The van der Waals surface area contributed by atoms with Crippen molar-refractivity contribution in [1.82, 2.24) is 15.5 Å². The molecule has 2 aromatic carbocycles. The Balaban J connectivity index is 1.67. The summed E-state index contributed by atoms with van der Waals surface area (Å²) in [5.74, 6) is 0.643. The van der Waals surface area contributed by atoms with Crippen LogP contribution in [0.5, 0.6) is 0 Å². The van der Waals surface area contributed by atoms with Gasteiger partial charge in [-0.1, -0.05) is 42.5 Å². The van der Waals surface area contributed by atoms with Crippen molar-refractivity contribution in [3.05, 3.63) is 71.3 Å². The number of ether oxygens (including phenoxy) is 1. The molecule has 1 aliphatic rings. The number of guanidine groups is 1. The normalized spacial score (nSPS) is 16.9. The average Bonchev–Trinajstić information content (AvgIpc) is 2.77. The third-order valence-electron chi connectivity index (χ3n) is 5.10. The molecule has 8 heteroatoms. The summed E-state index contributed by atoms with van der Waals surface area (Å²) in [5.41, 5.74) is 1.32. The number of nitrogens with one attached hydrogen (secondary N) is 2. The molecule has 0 aliphatic carbocycles. The zero-order chi connectivity index (χ0) is 21.4. The lowest BCUT2D eigenvalue weighted by Gasteiger charge is -2.35. The van der Waals surface area contributed by atoms with E-state index in [1.807, 2.05) is 30.3 Å². The van der Waals surface area contributed by atoms with Crippen LogP contribution >= 0.6 is 0 Å². The number of morpholine rings is 1. The number of aliphatic imine (C=N–C) groups is 1. The lowest BCUT2D eigenvalue weighted by atomic mass is 10.0. The molecule has 0 amide bonds. The number of hydrogen-bond donors (Lipinski definition) is 2. The molecule has 3 rings (SSSR count). The van der Waals surface area contributed by atoms with E-state index < -0.39 is 11.7 Å². The third-order valence-corrected chi connectivity index (χ3v) is 5.10. The fourth-order valence-electron chi connectivity index (χ4n) is 3.44. The van der Waals surface area contributed by atoms with Gasteiger partial charge in [-0.3, -0.25) is 9.89 Å². The van der Waals surface area contributed by atoms with Crippen LogP contribution in [0.25, 0.3) is 0 Å². The van der Waals surface area contributed by atoms with Crippen molar-refractivity contribution in [3.63, 3.8) is 0 Å². The summed E-state index contributed by atoms with van der Waals surface area (Å²) >= 11 is 0. The quantitative estimate of drug-likeness (QED) is 0.555. The van der Waals surface area contributed by atoms with Crippen LogP contribution < -0.4 is 10.6 Å². The zero-order valence-corrected chi connectivity index (χ0v) is 17.0. The van der Waals surface area contributed by atoms with Gasteiger partial charge in [-0.15, -0.1) is 0 Å². The Morgan fingerprint density at radius 3 is 2.30 bits per heavy atom. The van der Waals surface area contributed by atoms with Gasteiger partial charge in [0.2, 0.25) is 0 Å². The molecule has 0 bridgehead atoms. The number of nitrogens with zero attached hydrogens (tertiary/aromatic N) is 2. The van der Waals surface area contributed by atoms with Gasteiger partial charge in [-0.25, -0.2) is 0 Å². The van der Waals surface area contributed by atoms with E-state index in [0.717, 1.165) is 36.3 Å². The van der Waals surface area contributed by atoms with Crippen molar-refractivity contribution in [2.24, 2.45) is 4.99 Å². The summed E-state index contributed by atoms with van der Waals surface area (Å²) < 4.78 is 44.2. The molecule has 1 saturated heterocycles. The molecule has 0 radical (unpaired) electrons. The zero-order valence-electron chi connectivity index (χ0n) is 17.0. The smallest absolute Gasteiger partial charge is 0.379 e. The van der Waals surface area contributed by atoms with Crippen molar-refractivity contribution in [1.29, 1.82) is 0 Å². The van der Waals surface area contributed by atoms with Gasteiger partial charge >= 0.3 is 6.18 Å². The number of alkyl halides is 3. The highest BCUT2D eigenvalue weighted by atomic mass is 19.4. The molecule has 1 unspecified atom stereocenters. The molecule has 0 saturated carbocycles. The maximum absolute atomic E-state index is 12.9. The lowest BCUT2D eigenvalue weighted by molar-refractivity contribution is -0.137. The van der Waals surface area contributed by atoms with Crippen LogP contribution in [0.3, 0.4) is 0 Å². The van der Waals surface area contributed by atoms with Gasteiger partial charge < -0.3 is 15.4 Å². The second-order valence-corrected chi connectivity index (χ2v) is 7.08. The van der Waals surface area contributed by atoms with Crippen molar-refractivity contribution in [3.8, 4) is 0 Å². The first-order valence-corrected chi connectivity index (χ1v) is 9.95. The summed E-state index contributed by atoms with van der Waals surface area (Å²) in [6, 6.07) is 15.3. The van der Waals surface area contributed by atoms with E-state index in [1.165, 1.54) is 0 Å². The van der Waals surface area contributed by atoms with Gasteiger partial charge in [0.25, 0.3) is 0 Å². The predicted octanol–water partition coefficient (Wildman–Crippen LogP) is 3.44. The van der Waals surface area contributed by atoms with Gasteiger partial charge in [0.1, 0.15) is 0 Å². The minimum absolute atomic E-state index is 0.0912. The largest absolute Gasteiger partial charge is 0.416 e. The number of benzene rings is 2. The van der Waals surface area contributed by atoms with Crippen molar-refractivity contribution < 1.29 is 17.9 Å². The highest BCUT2D eigenvalue weighted by Gasteiger charge is 2.31. The Labute approximate surface area is 174 Å². The summed E-state index contributed by atoms with van der Waals surface area (Å²) in [6.45, 7) is 3.81. The van der Waals surface area contributed by atoms with Crippen molar-refractivity contribution >= 4 is 5.96 Å². The minimum Gasteiger partial charge on any atom is -0.379 e. The molecule has 1 fully saturated rings. The van der Waals surface area contributed by atoms with Gasteiger partial charge in [0.15, 0.2) is 5.96 Å². The molecule has 30 heavy (non-hydrogen) atoms. The highest BCUT2D eigenvalue weighted by Crippen LogP contribution is 2.31. The Bertz CT molecular complexity index is 803. The second-order valence-electron chi connectivity index (χ2n) is 7.08. The van der Waals surface area contributed by atoms with Gasteiger partial charge in [0.05, 0.1) is 24.8 Å². The molecule has 162 valence electrons. The predicted molar refractivity (Wildman–Crippen MR) is 111 cm³/mol. The summed E-state index contributed by atoms with van der Waals surface area (Å²) in [5, 5.41) is 6.59. The molecule has 5 nitrogen and oxygen atoms in total. The molecule has 1 atom stereocenters. The fraction of sp³-hybridized carbons (Fsp3) is 0.409. The number of halogens is 3. The number of rotatable bonds is 6. The minimum atomic E-state index is -4.34. The summed E-state index contributed by atoms with van der Waals surface area (Å²) in [4.78, 5) is 6.49. The van der Waals surface area contributed by atoms with Crippen LogP contribution in [-0.2, 0) is 17.5 Å². The first kappa shape index (κ1) is 22.1. The van der Waals surface area contributed by atoms with Crippen LogP contribution in [0.4, 0.5) is 13.2 Å². The van der Waals surface area contributed by atoms with Crippen LogP contribution in [0.1, 0.15) is 22.7 Å². The van der Waals surface area contributed by atoms with E-state index in [2.05, 4.69) is 20.5 Å². The van der Waals surface area contributed by atoms with Crippen molar-refractivity contribution in [2.45, 2.75) is 18.8 Å². The SMILES string of the molecule is CN=C(NCc1ccccc1)NCC(c1ccc(C(F)(F)F)cc1)N1CCOCC1. The van der Waals surface area contributed by atoms with Crippen LogP contribution in [-0.4, -0.2) is 50.8 Å². The molecule has 0 aromatic heterocycles. The third kappa shape index (κ3) is 6.21. The monoisotopic (exact) mass is 420 g/mol. The lowest BCUT2D eigenvalue weighted by Crippen LogP contribution is -2.46. The summed E-state index contributed by atoms with van der Waals surface area (Å²) in [7, 11) is 1.70. The average molecular weight is 420 g/mol. The maximum Gasteiger partial charge on any atom is 0.416 e. The molecule has 2 aromatic rings.